The fourth-order valence-corrected chi connectivity index (χ4v) is 3.99. The number of nitrogens with zero attached hydrogens (tertiary/aromatic N) is 2. The van der Waals surface area contributed by atoms with Crippen LogP contribution in [0.5, 0.6) is 0 Å². The molecule has 124 valence electrons. The molecule has 0 saturated carbocycles. The Morgan fingerprint density at radius 3 is 2.27 bits per heavy atom. The largest absolute Gasteiger partial charge is 0.376 e. The van der Waals surface area contributed by atoms with Crippen molar-refractivity contribution in [3.63, 3.8) is 0 Å². The van der Waals surface area contributed by atoms with E-state index in [1.54, 1.807) is 7.05 Å². The molecule has 6 nitrogen and oxygen atoms in total. The van der Waals surface area contributed by atoms with Crippen molar-refractivity contribution in [1.29, 1.82) is 0 Å². The highest BCUT2D eigenvalue weighted by atomic mass is 16.5. The number of rotatable bonds is 3. The van der Waals surface area contributed by atoms with Crippen molar-refractivity contribution >= 4 is 11.8 Å². The lowest BCUT2D eigenvalue weighted by Crippen LogP contribution is -2.71. The number of likely N-dealkylation sites (tertiary alicyclic amines) is 2. The topological polar surface area (TPSA) is 61.9 Å². The number of nitrogens with one attached hydrogen (secondary N) is 1. The summed E-state index contributed by atoms with van der Waals surface area (Å²) < 4.78 is 5.34. The van der Waals surface area contributed by atoms with Gasteiger partial charge in [0.25, 0.3) is 0 Å². The van der Waals surface area contributed by atoms with Crippen molar-refractivity contribution in [1.82, 2.24) is 15.1 Å². The Balaban J connectivity index is 1.74. The van der Waals surface area contributed by atoms with E-state index in [1.165, 1.54) is 12.8 Å². The summed E-state index contributed by atoms with van der Waals surface area (Å²) in [4.78, 5) is 29.5. The normalized spacial score (nSPS) is 28.8. The lowest BCUT2D eigenvalue weighted by atomic mass is 9.92. The SMILES string of the molecule is CNC(=O)C1(N2CCC[C@H]2C(=O)N2CCCCCC2)COC1. The third kappa shape index (κ3) is 2.63. The highest BCUT2D eigenvalue weighted by molar-refractivity contribution is 5.89. The summed E-state index contributed by atoms with van der Waals surface area (Å²) in [7, 11) is 1.66. The predicted octanol–water partition coefficient (Wildman–Crippen LogP) is 0.368. The third-order valence-electron chi connectivity index (χ3n) is 5.34. The van der Waals surface area contributed by atoms with Crippen molar-refractivity contribution < 1.29 is 14.3 Å². The zero-order chi connectivity index (χ0) is 15.6. The van der Waals surface area contributed by atoms with Gasteiger partial charge in [0, 0.05) is 26.7 Å². The Morgan fingerprint density at radius 1 is 1.05 bits per heavy atom. The fraction of sp³-hybridized carbons (Fsp3) is 0.875. The van der Waals surface area contributed by atoms with Crippen LogP contribution in [0.1, 0.15) is 38.5 Å². The smallest absolute Gasteiger partial charge is 0.245 e. The molecule has 3 heterocycles. The quantitative estimate of drug-likeness (QED) is 0.818. The van der Waals surface area contributed by atoms with Gasteiger partial charge in [0.2, 0.25) is 11.8 Å². The second-order valence-corrected chi connectivity index (χ2v) is 6.69. The fourth-order valence-electron chi connectivity index (χ4n) is 3.99. The Morgan fingerprint density at radius 2 is 1.73 bits per heavy atom. The molecule has 0 unspecified atom stereocenters. The molecule has 6 heteroatoms. The molecule has 1 atom stereocenters. The first kappa shape index (κ1) is 15.7. The van der Waals surface area contributed by atoms with E-state index in [0.717, 1.165) is 45.3 Å². The maximum Gasteiger partial charge on any atom is 0.245 e. The summed E-state index contributed by atoms with van der Waals surface area (Å²) in [6, 6.07) is -0.153. The number of hydrogen-bond acceptors (Lipinski definition) is 4. The van der Waals surface area contributed by atoms with Crippen LogP contribution < -0.4 is 5.32 Å². The molecule has 2 amide bonds. The minimum atomic E-state index is -0.628. The number of ether oxygens (including phenoxy) is 1. The molecule has 0 aliphatic carbocycles. The first-order chi connectivity index (χ1) is 10.7. The molecule has 0 spiro atoms. The molecular weight excluding hydrogens is 282 g/mol. The van der Waals surface area contributed by atoms with Gasteiger partial charge in [-0.05, 0) is 25.7 Å². The highest BCUT2D eigenvalue weighted by Gasteiger charge is 2.55. The van der Waals surface area contributed by atoms with Gasteiger partial charge in [-0.15, -0.1) is 0 Å². The molecule has 0 radical (unpaired) electrons. The summed E-state index contributed by atoms with van der Waals surface area (Å²) in [5.41, 5.74) is -0.628. The summed E-state index contributed by atoms with van der Waals surface area (Å²) >= 11 is 0. The van der Waals surface area contributed by atoms with E-state index in [4.69, 9.17) is 4.74 Å². The average molecular weight is 309 g/mol. The molecule has 3 aliphatic heterocycles. The first-order valence-electron chi connectivity index (χ1n) is 8.54. The molecule has 0 bridgehead atoms. The van der Waals surface area contributed by atoms with Crippen molar-refractivity contribution in [2.24, 2.45) is 0 Å². The number of hydrogen-bond donors (Lipinski definition) is 1. The minimum Gasteiger partial charge on any atom is -0.376 e. The first-order valence-corrected chi connectivity index (χ1v) is 8.54. The number of carbonyl (C=O) groups is 2. The average Bonchev–Trinajstić information content (AvgIpc) is 2.80. The van der Waals surface area contributed by atoms with Crippen molar-refractivity contribution in [2.75, 3.05) is 39.9 Å². The second kappa shape index (κ2) is 6.54. The van der Waals surface area contributed by atoms with Gasteiger partial charge in [-0.25, -0.2) is 0 Å². The predicted molar refractivity (Wildman–Crippen MR) is 82.4 cm³/mol. The molecule has 0 aromatic heterocycles. The van der Waals surface area contributed by atoms with E-state index in [1.807, 2.05) is 4.90 Å². The van der Waals surface area contributed by atoms with Crippen LogP contribution in [-0.2, 0) is 14.3 Å². The molecule has 0 aromatic rings. The van der Waals surface area contributed by atoms with Crippen LogP contribution in [0.3, 0.4) is 0 Å². The van der Waals surface area contributed by atoms with E-state index < -0.39 is 5.54 Å². The van der Waals surface area contributed by atoms with Crippen LogP contribution in [0.15, 0.2) is 0 Å². The number of likely N-dealkylation sites (N-methyl/N-ethyl adjacent to an activating group) is 1. The summed E-state index contributed by atoms with van der Waals surface area (Å²) in [6.07, 6.45) is 6.46. The molecule has 22 heavy (non-hydrogen) atoms. The van der Waals surface area contributed by atoms with Gasteiger partial charge < -0.3 is 15.0 Å². The number of carbonyl (C=O) groups excluding carboxylic acids is 2. The van der Waals surface area contributed by atoms with Crippen LogP contribution in [0.2, 0.25) is 0 Å². The lowest BCUT2D eigenvalue weighted by Gasteiger charge is -2.48. The lowest BCUT2D eigenvalue weighted by molar-refractivity contribution is -0.176. The Labute approximate surface area is 132 Å². The van der Waals surface area contributed by atoms with Crippen molar-refractivity contribution in [2.45, 2.75) is 50.1 Å². The zero-order valence-electron chi connectivity index (χ0n) is 13.5. The maximum absolute atomic E-state index is 13.0. The van der Waals surface area contributed by atoms with Gasteiger partial charge in [-0.2, -0.15) is 0 Å². The van der Waals surface area contributed by atoms with Gasteiger partial charge in [0.1, 0.15) is 5.54 Å². The Hall–Kier alpha value is -1.14. The maximum atomic E-state index is 13.0. The van der Waals surface area contributed by atoms with E-state index >= 15 is 0 Å². The van der Waals surface area contributed by atoms with Gasteiger partial charge in [-0.1, -0.05) is 12.8 Å². The van der Waals surface area contributed by atoms with Gasteiger partial charge in [-0.3, -0.25) is 14.5 Å². The van der Waals surface area contributed by atoms with E-state index in [-0.39, 0.29) is 17.9 Å². The standard InChI is InChI=1S/C16H27N3O3/c1-17-15(21)16(11-22-12-16)19-10-6-7-13(19)14(20)18-8-4-2-3-5-9-18/h13H,2-12H2,1H3,(H,17,21)/t13-/m0/s1. The van der Waals surface area contributed by atoms with Crippen LogP contribution >= 0.6 is 0 Å². The van der Waals surface area contributed by atoms with Crippen LogP contribution in [0.4, 0.5) is 0 Å². The van der Waals surface area contributed by atoms with E-state index in [0.29, 0.717) is 13.2 Å². The van der Waals surface area contributed by atoms with Gasteiger partial charge in [0.05, 0.1) is 19.3 Å². The van der Waals surface area contributed by atoms with Crippen LogP contribution in [0.25, 0.3) is 0 Å². The summed E-state index contributed by atoms with van der Waals surface area (Å²) in [6.45, 7) is 3.34. The molecule has 3 saturated heterocycles. The highest BCUT2D eigenvalue weighted by Crippen LogP contribution is 2.34. The third-order valence-corrected chi connectivity index (χ3v) is 5.34. The van der Waals surface area contributed by atoms with E-state index in [2.05, 4.69) is 10.2 Å². The molecule has 0 aromatic carbocycles. The molecule has 3 rings (SSSR count). The van der Waals surface area contributed by atoms with Gasteiger partial charge in [0.15, 0.2) is 0 Å². The van der Waals surface area contributed by atoms with E-state index in [9.17, 15) is 9.59 Å². The monoisotopic (exact) mass is 309 g/mol. The van der Waals surface area contributed by atoms with Crippen LogP contribution in [-0.4, -0.2) is 73.1 Å². The summed E-state index contributed by atoms with van der Waals surface area (Å²) in [5, 5.41) is 2.75. The molecular formula is C16H27N3O3. The molecule has 3 fully saturated rings. The molecule has 3 aliphatic rings. The summed E-state index contributed by atoms with van der Waals surface area (Å²) in [5.74, 6) is 0.198. The number of amides is 2. The minimum absolute atomic E-state index is 0.0192. The van der Waals surface area contributed by atoms with Crippen molar-refractivity contribution in [3.8, 4) is 0 Å². The Bertz CT molecular complexity index is 428. The van der Waals surface area contributed by atoms with Crippen molar-refractivity contribution in [3.05, 3.63) is 0 Å². The van der Waals surface area contributed by atoms with Crippen LogP contribution in [0, 0.1) is 0 Å². The van der Waals surface area contributed by atoms with Gasteiger partial charge >= 0.3 is 0 Å². The second-order valence-electron chi connectivity index (χ2n) is 6.69. The molecule has 1 N–H and O–H groups in total. The zero-order valence-corrected chi connectivity index (χ0v) is 13.5. The Kier molecular flexibility index (Phi) is 4.68.